The quantitative estimate of drug-likeness (QED) is 0.857. The van der Waals surface area contributed by atoms with Crippen molar-refractivity contribution >= 4 is 12.4 Å². The van der Waals surface area contributed by atoms with E-state index >= 15 is 0 Å². The van der Waals surface area contributed by atoms with E-state index in [9.17, 15) is 0 Å². The zero-order valence-corrected chi connectivity index (χ0v) is 11.3. The molecule has 1 aromatic rings. The Hall–Kier alpha value is -0.970. The summed E-state index contributed by atoms with van der Waals surface area (Å²) in [5, 5.41) is 8.92. The Kier molecular flexibility index (Phi) is 5.72. The fourth-order valence-electron chi connectivity index (χ4n) is 2.14. The molecule has 0 aliphatic carbocycles. The number of nitrogens with two attached hydrogens (primary N) is 1. The van der Waals surface area contributed by atoms with E-state index in [1.165, 1.54) is 5.56 Å². The Bertz CT molecular complexity index is 386. The molecule has 1 heterocycles. The summed E-state index contributed by atoms with van der Waals surface area (Å²) in [7, 11) is 0. The SMILES string of the molecule is CC(Cc1ccc2c(c1)OCO2)CC(N)CO.Cl. The fourth-order valence-corrected chi connectivity index (χ4v) is 2.14. The van der Waals surface area contributed by atoms with Crippen LogP contribution < -0.4 is 15.2 Å². The van der Waals surface area contributed by atoms with Crippen molar-refractivity contribution in [2.75, 3.05) is 13.4 Å². The number of ether oxygens (including phenoxy) is 2. The summed E-state index contributed by atoms with van der Waals surface area (Å²) in [6, 6.07) is 5.88. The van der Waals surface area contributed by atoms with Crippen LogP contribution >= 0.6 is 12.4 Å². The third kappa shape index (κ3) is 3.77. The van der Waals surface area contributed by atoms with Gasteiger partial charge < -0.3 is 20.3 Å². The second kappa shape index (κ2) is 6.83. The van der Waals surface area contributed by atoms with Crippen LogP contribution in [0.1, 0.15) is 18.9 Å². The molecule has 0 saturated carbocycles. The molecule has 2 unspecified atom stereocenters. The predicted octanol–water partition coefficient (Wildman–Crippen LogP) is 1.73. The monoisotopic (exact) mass is 273 g/mol. The van der Waals surface area contributed by atoms with Gasteiger partial charge in [0.2, 0.25) is 6.79 Å². The molecule has 0 saturated heterocycles. The van der Waals surface area contributed by atoms with Crippen LogP contribution in [-0.2, 0) is 6.42 Å². The van der Waals surface area contributed by atoms with E-state index in [0.29, 0.717) is 12.7 Å². The number of halogens is 1. The van der Waals surface area contributed by atoms with Gasteiger partial charge in [0, 0.05) is 6.04 Å². The number of rotatable bonds is 5. The van der Waals surface area contributed by atoms with Crippen LogP contribution in [0.4, 0.5) is 0 Å². The molecule has 0 aromatic heterocycles. The molecular weight excluding hydrogens is 254 g/mol. The van der Waals surface area contributed by atoms with E-state index in [4.69, 9.17) is 20.3 Å². The minimum Gasteiger partial charge on any atom is -0.454 e. The van der Waals surface area contributed by atoms with Crippen LogP contribution in [0.2, 0.25) is 0 Å². The molecule has 0 fully saturated rings. The predicted molar refractivity (Wildman–Crippen MR) is 72.4 cm³/mol. The number of hydrogen-bond acceptors (Lipinski definition) is 4. The molecule has 1 aliphatic heterocycles. The highest BCUT2D eigenvalue weighted by Crippen LogP contribution is 2.33. The molecule has 1 aromatic carbocycles. The maximum atomic E-state index is 8.92. The summed E-state index contributed by atoms with van der Waals surface area (Å²) in [5.74, 6) is 2.08. The molecule has 4 nitrogen and oxygen atoms in total. The molecule has 0 radical (unpaired) electrons. The zero-order chi connectivity index (χ0) is 12.3. The first kappa shape index (κ1) is 15.1. The van der Waals surface area contributed by atoms with Gasteiger partial charge in [-0.05, 0) is 36.5 Å². The lowest BCUT2D eigenvalue weighted by Gasteiger charge is -2.15. The van der Waals surface area contributed by atoms with E-state index < -0.39 is 0 Å². The topological polar surface area (TPSA) is 64.7 Å². The zero-order valence-electron chi connectivity index (χ0n) is 10.5. The summed E-state index contributed by atoms with van der Waals surface area (Å²) in [6.45, 7) is 2.50. The first-order valence-electron chi connectivity index (χ1n) is 5.94. The van der Waals surface area contributed by atoms with Crippen molar-refractivity contribution in [3.05, 3.63) is 23.8 Å². The third-order valence-corrected chi connectivity index (χ3v) is 2.96. The van der Waals surface area contributed by atoms with Gasteiger partial charge in [-0.1, -0.05) is 13.0 Å². The van der Waals surface area contributed by atoms with Crippen LogP contribution in [0, 0.1) is 5.92 Å². The first-order valence-corrected chi connectivity index (χ1v) is 5.94. The fraction of sp³-hybridized carbons (Fsp3) is 0.538. The molecule has 2 atom stereocenters. The molecule has 2 rings (SSSR count). The first-order chi connectivity index (χ1) is 8.19. The molecule has 5 heteroatoms. The average Bonchev–Trinajstić information content (AvgIpc) is 2.75. The van der Waals surface area contributed by atoms with E-state index in [-0.39, 0.29) is 25.1 Å². The van der Waals surface area contributed by atoms with Gasteiger partial charge in [0.1, 0.15) is 0 Å². The van der Waals surface area contributed by atoms with Crippen molar-refractivity contribution in [1.82, 2.24) is 0 Å². The summed E-state index contributed by atoms with van der Waals surface area (Å²) in [6.07, 6.45) is 1.76. The molecule has 102 valence electrons. The Morgan fingerprint density at radius 2 is 2.06 bits per heavy atom. The second-order valence-electron chi connectivity index (χ2n) is 4.68. The molecule has 0 amide bonds. The molecule has 0 spiro atoms. The average molecular weight is 274 g/mol. The van der Waals surface area contributed by atoms with Crippen molar-refractivity contribution in [2.24, 2.45) is 11.7 Å². The maximum absolute atomic E-state index is 8.92. The highest BCUT2D eigenvalue weighted by molar-refractivity contribution is 5.85. The Morgan fingerprint density at radius 1 is 1.33 bits per heavy atom. The summed E-state index contributed by atoms with van der Waals surface area (Å²) < 4.78 is 10.6. The van der Waals surface area contributed by atoms with Crippen LogP contribution in [0.5, 0.6) is 11.5 Å². The third-order valence-electron chi connectivity index (χ3n) is 2.96. The van der Waals surface area contributed by atoms with Gasteiger partial charge in [-0.25, -0.2) is 0 Å². The van der Waals surface area contributed by atoms with Crippen molar-refractivity contribution < 1.29 is 14.6 Å². The van der Waals surface area contributed by atoms with E-state index in [1.54, 1.807) is 0 Å². The van der Waals surface area contributed by atoms with Gasteiger partial charge in [0.25, 0.3) is 0 Å². The van der Waals surface area contributed by atoms with Crippen molar-refractivity contribution in [1.29, 1.82) is 0 Å². The van der Waals surface area contributed by atoms with Gasteiger partial charge in [0.15, 0.2) is 11.5 Å². The number of hydrogen-bond donors (Lipinski definition) is 2. The lowest BCUT2D eigenvalue weighted by atomic mass is 9.95. The Morgan fingerprint density at radius 3 is 2.78 bits per heavy atom. The van der Waals surface area contributed by atoms with Crippen molar-refractivity contribution in [3.63, 3.8) is 0 Å². The highest BCUT2D eigenvalue weighted by atomic mass is 35.5. The standard InChI is InChI=1S/C13H19NO3.ClH/c1-9(5-11(14)7-15)4-10-2-3-12-13(6-10)17-8-16-12;/h2-3,6,9,11,15H,4-5,7-8,14H2,1H3;1H. The van der Waals surface area contributed by atoms with Crippen LogP contribution in [-0.4, -0.2) is 24.5 Å². The summed E-state index contributed by atoms with van der Waals surface area (Å²) in [5.41, 5.74) is 6.94. The van der Waals surface area contributed by atoms with Gasteiger partial charge >= 0.3 is 0 Å². The molecule has 0 bridgehead atoms. The van der Waals surface area contributed by atoms with Crippen molar-refractivity contribution in [3.8, 4) is 11.5 Å². The largest absolute Gasteiger partial charge is 0.454 e. The van der Waals surface area contributed by atoms with Crippen LogP contribution in [0.15, 0.2) is 18.2 Å². The molecule has 1 aliphatic rings. The molecular formula is C13H20ClNO3. The van der Waals surface area contributed by atoms with Gasteiger partial charge in [-0.15, -0.1) is 12.4 Å². The van der Waals surface area contributed by atoms with Crippen molar-refractivity contribution in [2.45, 2.75) is 25.8 Å². The smallest absolute Gasteiger partial charge is 0.231 e. The lowest BCUT2D eigenvalue weighted by Crippen LogP contribution is -2.27. The minimum absolute atomic E-state index is 0. The van der Waals surface area contributed by atoms with E-state index in [0.717, 1.165) is 24.3 Å². The highest BCUT2D eigenvalue weighted by Gasteiger charge is 2.15. The summed E-state index contributed by atoms with van der Waals surface area (Å²) >= 11 is 0. The molecule has 3 N–H and O–H groups in total. The number of aliphatic hydroxyl groups excluding tert-OH is 1. The maximum Gasteiger partial charge on any atom is 0.231 e. The lowest BCUT2D eigenvalue weighted by molar-refractivity contribution is 0.174. The van der Waals surface area contributed by atoms with Crippen LogP contribution in [0.3, 0.4) is 0 Å². The van der Waals surface area contributed by atoms with E-state index in [2.05, 4.69) is 13.0 Å². The Labute approximate surface area is 113 Å². The van der Waals surface area contributed by atoms with Gasteiger partial charge in [-0.3, -0.25) is 0 Å². The van der Waals surface area contributed by atoms with Gasteiger partial charge in [0.05, 0.1) is 6.61 Å². The second-order valence-corrected chi connectivity index (χ2v) is 4.68. The Balaban J connectivity index is 0.00000162. The minimum atomic E-state index is -0.126. The number of benzene rings is 1. The van der Waals surface area contributed by atoms with E-state index in [1.807, 2.05) is 12.1 Å². The number of aliphatic hydroxyl groups is 1. The molecule has 18 heavy (non-hydrogen) atoms. The summed E-state index contributed by atoms with van der Waals surface area (Å²) in [4.78, 5) is 0. The number of fused-ring (bicyclic) bond motifs is 1. The normalized spacial score (nSPS) is 15.9. The van der Waals surface area contributed by atoms with Gasteiger partial charge in [-0.2, -0.15) is 0 Å². The van der Waals surface area contributed by atoms with Crippen LogP contribution in [0.25, 0.3) is 0 Å².